The van der Waals surface area contributed by atoms with E-state index in [4.69, 9.17) is 0 Å². The third kappa shape index (κ3) is 3.37. The summed E-state index contributed by atoms with van der Waals surface area (Å²) >= 11 is 1.67. The summed E-state index contributed by atoms with van der Waals surface area (Å²) in [5, 5.41) is 15.0. The molecule has 1 aliphatic rings. The molecule has 19 heavy (non-hydrogen) atoms. The highest BCUT2D eigenvalue weighted by Gasteiger charge is 2.43. The van der Waals surface area contributed by atoms with Crippen LogP contribution in [0.25, 0.3) is 0 Å². The average Bonchev–Trinajstić information content (AvgIpc) is 2.89. The van der Waals surface area contributed by atoms with Crippen LogP contribution in [0.4, 0.5) is 0 Å². The van der Waals surface area contributed by atoms with Gasteiger partial charge in [0.15, 0.2) is 0 Å². The van der Waals surface area contributed by atoms with Crippen molar-refractivity contribution in [3.05, 3.63) is 22.4 Å². The molecule has 1 fully saturated rings. The second-order valence-electron chi connectivity index (χ2n) is 5.92. The second-order valence-corrected chi connectivity index (χ2v) is 6.95. The van der Waals surface area contributed by atoms with Gasteiger partial charge in [-0.3, -0.25) is 10.1 Å². The lowest BCUT2D eigenvalue weighted by Gasteiger charge is -2.40. The van der Waals surface area contributed by atoms with Gasteiger partial charge in [0.25, 0.3) is 0 Å². The number of aliphatic carboxylic acids is 1. The molecule has 1 aliphatic carbocycles. The molecule has 2 atom stereocenters. The van der Waals surface area contributed by atoms with Gasteiger partial charge >= 0.3 is 5.97 Å². The van der Waals surface area contributed by atoms with Gasteiger partial charge < -0.3 is 5.11 Å². The van der Waals surface area contributed by atoms with Crippen LogP contribution in [-0.4, -0.2) is 16.6 Å². The zero-order valence-corrected chi connectivity index (χ0v) is 12.5. The van der Waals surface area contributed by atoms with Gasteiger partial charge in [-0.15, -0.1) is 11.3 Å². The Balaban J connectivity index is 2.06. The van der Waals surface area contributed by atoms with Gasteiger partial charge in [0, 0.05) is 11.4 Å². The van der Waals surface area contributed by atoms with Crippen molar-refractivity contribution < 1.29 is 9.90 Å². The van der Waals surface area contributed by atoms with Crippen molar-refractivity contribution in [3.8, 4) is 0 Å². The van der Waals surface area contributed by atoms with E-state index in [1.807, 2.05) is 11.4 Å². The molecule has 0 radical (unpaired) electrons. The van der Waals surface area contributed by atoms with E-state index in [2.05, 4.69) is 25.2 Å². The van der Waals surface area contributed by atoms with E-state index in [9.17, 15) is 9.90 Å². The topological polar surface area (TPSA) is 49.3 Å². The smallest absolute Gasteiger partial charge is 0.323 e. The minimum atomic E-state index is -0.725. The van der Waals surface area contributed by atoms with Crippen LogP contribution in [0.1, 0.15) is 44.4 Å². The van der Waals surface area contributed by atoms with E-state index in [0.717, 1.165) is 25.7 Å². The Kier molecular flexibility index (Phi) is 4.63. The molecule has 0 aromatic carbocycles. The lowest BCUT2D eigenvalue weighted by molar-refractivity contribution is -0.147. The van der Waals surface area contributed by atoms with Gasteiger partial charge in [-0.05, 0) is 36.1 Å². The maximum atomic E-state index is 11.7. The summed E-state index contributed by atoms with van der Waals surface area (Å²) in [7, 11) is 0. The van der Waals surface area contributed by atoms with Crippen LogP contribution in [-0.2, 0) is 11.3 Å². The molecule has 0 spiro atoms. The van der Waals surface area contributed by atoms with Crippen LogP contribution in [0, 0.1) is 11.8 Å². The van der Waals surface area contributed by atoms with E-state index in [1.54, 1.807) is 11.3 Å². The molecule has 1 aromatic rings. The Morgan fingerprint density at radius 3 is 3.00 bits per heavy atom. The molecular formula is C15H23NO2S. The fourth-order valence-electron chi connectivity index (χ4n) is 2.99. The van der Waals surface area contributed by atoms with Crippen molar-refractivity contribution in [1.29, 1.82) is 0 Å². The van der Waals surface area contributed by atoms with E-state index in [0.29, 0.717) is 18.4 Å². The molecule has 0 amide bonds. The minimum Gasteiger partial charge on any atom is -0.480 e. The van der Waals surface area contributed by atoms with Crippen LogP contribution >= 0.6 is 11.3 Å². The maximum Gasteiger partial charge on any atom is 0.323 e. The van der Waals surface area contributed by atoms with Crippen molar-refractivity contribution in [2.45, 2.75) is 51.6 Å². The predicted molar refractivity (Wildman–Crippen MR) is 78.3 cm³/mol. The molecule has 1 saturated carbocycles. The van der Waals surface area contributed by atoms with Gasteiger partial charge in [-0.2, -0.15) is 0 Å². The van der Waals surface area contributed by atoms with Crippen LogP contribution in [0.3, 0.4) is 0 Å². The van der Waals surface area contributed by atoms with Gasteiger partial charge in [0.05, 0.1) is 0 Å². The van der Waals surface area contributed by atoms with E-state index in [1.165, 1.54) is 4.88 Å². The van der Waals surface area contributed by atoms with Crippen molar-refractivity contribution in [2.75, 3.05) is 0 Å². The number of hydrogen-bond acceptors (Lipinski definition) is 3. The van der Waals surface area contributed by atoms with E-state index < -0.39 is 11.5 Å². The molecule has 1 aromatic heterocycles. The molecule has 0 bridgehead atoms. The fourth-order valence-corrected chi connectivity index (χ4v) is 3.63. The second kappa shape index (κ2) is 6.06. The molecular weight excluding hydrogens is 258 g/mol. The number of carboxylic acid groups (broad SMARTS) is 1. The lowest BCUT2D eigenvalue weighted by Crippen LogP contribution is -2.55. The highest BCUT2D eigenvalue weighted by atomic mass is 32.1. The summed E-state index contributed by atoms with van der Waals surface area (Å²) in [6, 6.07) is 4.06. The monoisotopic (exact) mass is 281 g/mol. The quantitative estimate of drug-likeness (QED) is 0.868. The summed E-state index contributed by atoms with van der Waals surface area (Å²) in [5.74, 6) is 0.387. The molecule has 2 N–H and O–H groups in total. The SMILES string of the molecule is CC(C)C1CCCC(NCc2cccs2)(C(=O)O)C1. The van der Waals surface area contributed by atoms with Crippen LogP contribution < -0.4 is 5.32 Å². The molecule has 2 rings (SSSR count). The Labute approximate surface area is 119 Å². The Bertz CT molecular complexity index is 416. The average molecular weight is 281 g/mol. The molecule has 0 aliphatic heterocycles. The van der Waals surface area contributed by atoms with E-state index in [-0.39, 0.29) is 0 Å². The number of nitrogens with one attached hydrogen (secondary N) is 1. The first-order valence-corrected chi connectivity index (χ1v) is 7.92. The van der Waals surface area contributed by atoms with Gasteiger partial charge in [-0.1, -0.05) is 32.8 Å². The molecule has 4 heteroatoms. The number of carboxylic acids is 1. The predicted octanol–water partition coefficient (Wildman–Crippen LogP) is 3.51. The Morgan fingerprint density at radius 1 is 1.63 bits per heavy atom. The number of rotatable bonds is 5. The van der Waals surface area contributed by atoms with Crippen molar-refractivity contribution in [2.24, 2.45) is 11.8 Å². The third-order valence-corrected chi connectivity index (χ3v) is 5.20. The van der Waals surface area contributed by atoms with Gasteiger partial charge in [0.2, 0.25) is 0 Å². The number of thiophene rings is 1. The first kappa shape index (κ1) is 14.5. The van der Waals surface area contributed by atoms with E-state index >= 15 is 0 Å². The summed E-state index contributed by atoms with van der Waals surface area (Å²) < 4.78 is 0. The Morgan fingerprint density at radius 2 is 2.42 bits per heavy atom. The molecule has 1 heterocycles. The maximum absolute atomic E-state index is 11.7. The zero-order valence-electron chi connectivity index (χ0n) is 11.7. The summed E-state index contributed by atoms with van der Waals surface area (Å²) in [6.07, 6.45) is 3.67. The fraction of sp³-hybridized carbons (Fsp3) is 0.667. The highest BCUT2D eigenvalue weighted by molar-refractivity contribution is 7.09. The van der Waals surface area contributed by atoms with Crippen LogP contribution in [0.2, 0.25) is 0 Å². The molecule has 0 saturated heterocycles. The molecule has 106 valence electrons. The van der Waals surface area contributed by atoms with Gasteiger partial charge in [-0.25, -0.2) is 0 Å². The normalized spacial score (nSPS) is 27.6. The lowest BCUT2D eigenvalue weighted by atomic mass is 9.71. The van der Waals surface area contributed by atoms with Crippen LogP contribution in [0.15, 0.2) is 17.5 Å². The van der Waals surface area contributed by atoms with Gasteiger partial charge in [0.1, 0.15) is 5.54 Å². The first-order chi connectivity index (χ1) is 9.03. The number of hydrogen-bond donors (Lipinski definition) is 2. The molecule has 3 nitrogen and oxygen atoms in total. The standard InChI is InChI=1S/C15H23NO2S/c1-11(2)12-5-3-7-15(9-12,14(17)18)16-10-13-6-4-8-19-13/h4,6,8,11-12,16H,3,5,7,9-10H2,1-2H3,(H,17,18). The molecule has 2 unspecified atom stereocenters. The van der Waals surface area contributed by atoms with Crippen molar-refractivity contribution >= 4 is 17.3 Å². The third-order valence-electron chi connectivity index (χ3n) is 4.32. The van der Waals surface area contributed by atoms with Crippen LogP contribution in [0.5, 0.6) is 0 Å². The number of carbonyl (C=O) groups is 1. The zero-order chi connectivity index (χ0) is 13.9. The highest BCUT2D eigenvalue weighted by Crippen LogP contribution is 2.37. The van der Waals surface area contributed by atoms with Crippen molar-refractivity contribution in [3.63, 3.8) is 0 Å². The van der Waals surface area contributed by atoms with Crippen molar-refractivity contribution in [1.82, 2.24) is 5.32 Å². The minimum absolute atomic E-state index is 0.515. The summed E-state index contributed by atoms with van der Waals surface area (Å²) in [4.78, 5) is 12.9. The summed E-state index contributed by atoms with van der Waals surface area (Å²) in [6.45, 7) is 5.05. The largest absolute Gasteiger partial charge is 0.480 e. The summed E-state index contributed by atoms with van der Waals surface area (Å²) in [5.41, 5.74) is -0.725. The first-order valence-electron chi connectivity index (χ1n) is 7.04. The Hall–Kier alpha value is -0.870.